The molecule has 0 aliphatic rings. The summed E-state index contributed by atoms with van der Waals surface area (Å²) in [5, 5.41) is 12.8. The van der Waals surface area contributed by atoms with E-state index >= 15 is 0 Å². The van der Waals surface area contributed by atoms with E-state index in [0.717, 1.165) is 29.9 Å². The summed E-state index contributed by atoms with van der Waals surface area (Å²) in [7, 11) is 0. The number of rotatable bonds is 8. The number of H-pyrrole nitrogens is 1. The minimum absolute atomic E-state index is 0.0693. The van der Waals surface area contributed by atoms with Crippen LogP contribution in [-0.2, 0) is 17.6 Å². The zero-order valence-electron chi connectivity index (χ0n) is 15.7. The van der Waals surface area contributed by atoms with E-state index in [0.29, 0.717) is 5.16 Å². The van der Waals surface area contributed by atoms with E-state index in [4.69, 9.17) is 0 Å². The van der Waals surface area contributed by atoms with Crippen molar-refractivity contribution in [3.05, 3.63) is 93.9 Å². The average molecular weight is 421 g/mol. The topological polar surface area (TPSA) is 70.7 Å². The summed E-state index contributed by atoms with van der Waals surface area (Å²) < 4.78 is 0. The second-order valence-electron chi connectivity index (χ2n) is 6.48. The number of aromatic nitrogens is 3. The van der Waals surface area contributed by atoms with Crippen molar-refractivity contribution in [2.24, 2.45) is 0 Å². The quantitative estimate of drug-likeness (QED) is 0.403. The fraction of sp³-hybridized carbons (Fsp3) is 0.136. The molecule has 2 heterocycles. The second kappa shape index (κ2) is 9.54. The molecule has 5 nitrogen and oxygen atoms in total. The zero-order valence-corrected chi connectivity index (χ0v) is 17.3. The fourth-order valence-electron chi connectivity index (χ4n) is 2.93. The normalized spacial score (nSPS) is 10.8. The maximum Gasteiger partial charge on any atom is 0.234 e. The third-order valence-corrected chi connectivity index (χ3v) is 6.02. The number of anilines is 1. The molecule has 0 fully saturated rings. The van der Waals surface area contributed by atoms with Crippen molar-refractivity contribution in [3.63, 3.8) is 0 Å². The van der Waals surface area contributed by atoms with Crippen molar-refractivity contribution in [2.75, 3.05) is 11.1 Å². The predicted octanol–water partition coefficient (Wildman–Crippen LogP) is 4.78. The zero-order chi connectivity index (χ0) is 19.9. The number of nitrogens with one attached hydrogen (secondary N) is 2. The first-order chi connectivity index (χ1) is 14.3. The lowest BCUT2D eigenvalue weighted by atomic mass is 10.0. The van der Waals surface area contributed by atoms with E-state index in [9.17, 15) is 4.79 Å². The Kier molecular flexibility index (Phi) is 6.38. The summed E-state index contributed by atoms with van der Waals surface area (Å²) in [6.45, 7) is 0. The van der Waals surface area contributed by atoms with Crippen LogP contribution in [0.1, 0.15) is 21.8 Å². The molecule has 29 heavy (non-hydrogen) atoms. The highest BCUT2D eigenvalue weighted by Gasteiger charge is 2.11. The molecule has 0 atom stereocenters. The number of hydrogen-bond acceptors (Lipinski definition) is 5. The Bertz CT molecular complexity index is 1060. The van der Waals surface area contributed by atoms with Gasteiger partial charge in [0.1, 0.15) is 5.82 Å². The standard InChI is InChI=1S/C22H20N4OS2/c27-21(15-29-22-24-20(25-26-22)14-18-10-6-12-28-18)23-19-11-5-4-9-17(19)13-16-7-2-1-3-8-16/h1-12H,13-15H2,(H,23,27)(H,24,25,26). The van der Waals surface area contributed by atoms with E-state index < -0.39 is 0 Å². The van der Waals surface area contributed by atoms with Crippen molar-refractivity contribution in [3.8, 4) is 0 Å². The van der Waals surface area contributed by atoms with E-state index in [2.05, 4.69) is 38.7 Å². The van der Waals surface area contributed by atoms with Gasteiger partial charge < -0.3 is 5.32 Å². The smallest absolute Gasteiger partial charge is 0.234 e. The van der Waals surface area contributed by atoms with E-state index in [1.807, 2.05) is 53.9 Å². The van der Waals surface area contributed by atoms with Crippen LogP contribution in [0.5, 0.6) is 0 Å². The Hall–Kier alpha value is -2.90. The number of para-hydroxylation sites is 1. The first-order valence-electron chi connectivity index (χ1n) is 9.24. The Morgan fingerprint density at radius 1 is 1.00 bits per heavy atom. The van der Waals surface area contributed by atoms with Crippen LogP contribution in [0, 0.1) is 0 Å². The Morgan fingerprint density at radius 3 is 2.66 bits per heavy atom. The van der Waals surface area contributed by atoms with E-state index in [1.165, 1.54) is 22.2 Å². The SMILES string of the molecule is O=C(CSc1n[nH]c(Cc2cccs2)n1)Nc1ccccc1Cc1ccccc1. The second-order valence-corrected chi connectivity index (χ2v) is 8.45. The van der Waals surface area contributed by atoms with E-state index in [1.54, 1.807) is 11.3 Å². The van der Waals surface area contributed by atoms with Gasteiger partial charge in [-0.1, -0.05) is 66.4 Å². The maximum absolute atomic E-state index is 12.5. The molecule has 4 aromatic rings. The molecule has 2 aromatic heterocycles. The Morgan fingerprint density at radius 2 is 1.83 bits per heavy atom. The minimum atomic E-state index is -0.0693. The number of aromatic amines is 1. The van der Waals surface area contributed by atoms with Crippen LogP contribution in [0.2, 0.25) is 0 Å². The van der Waals surface area contributed by atoms with Crippen LogP contribution in [0.3, 0.4) is 0 Å². The highest BCUT2D eigenvalue weighted by molar-refractivity contribution is 7.99. The van der Waals surface area contributed by atoms with Gasteiger partial charge in [0.15, 0.2) is 0 Å². The molecule has 0 saturated heterocycles. The first-order valence-corrected chi connectivity index (χ1v) is 11.1. The number of amides is 1. The number of hydrogen-bond donors (Lipinski definition) is 2. The van der Waals surface area contributed by atoms with Crippen molar-refractivity contribution >= 4 is 34.7 Å². The fourth-order valence-corrected chi connectivity index (χ4v) is 4.25. The van der Waals surface area contributed by atoms with Crippen molar-refractivity contribution < 1.29 is 4.79 Å². The monoisotopic (exact) mass is 420 g/mol. The van der Waals surface area contributed by atoms with Crippen LogP contribution in [0.25, 0.3) is 0 Å². The molecule has 0 saturated carbocycles. The van der Waals surface area contributed by atoms with Gasteiger partial charge in [0.05, 0.1) is 5.75 Å². The Balaban J connectivity index is 1.33. The Labute approximate surface area is 177 Å². The van der Waals surface area contributed by atoms with Gasteiger partial charge in [0.25, 0.3) is 0 Å². The van der Waals surface area contributed by atoms with Crippen molar-refractivity contribution in [1.29, 1.82) is 0 Å². The summed E-state index contributed by atoms with van der Waals surface area (Å²) in [6.07, 6.45) is 1.50. The van der Waals surface area contributed by atoms with E-state index in [-0.39, 0.29) is 11.7 Å². The van der Waals surface area contributed by atoms with Gasteiger partial charge in [-0.2, -0.15) is 0 Å². The minimum Gasteiger partial charge on any atom is -0.325 e. The molecular formula is C22H20N4OS2. The number of thiophene rings is 1. The lowest BCUT2D eigenvalue weighted by Crippen LogP contribution is -2.15. The molecule has 1 amide bonds. The summed E-state index contributed by atoms with van der Waals surface area (Å²) in [6, 6.07) is 22.2. The van der Waals surface area contributed by atoms with Crippen LogP contribution in [0.15, 0.2) is 77.3 Å². The molecule has 2 N–H and O–H groups in total. The molecule has 0 bridgehead atoms. The summed E-state index contributed by atoms with van der Waals surface area (Å²) in [5.74, 6) is 0.999. The summed E-state index contributed by atoms with van der Waals surface area (Å²) >= 11 is 3.02. The molecule has 7 heteroatoms. The molecular weight excluding hydrogens is 400 g/mol. The number of nitrogens with zero attached hydrogens (tertiary/aromatic N) is 2. The van der Waals surface area contributed by atoms with Crippen molar-refractivity contribution in [2.45, 2.75) is 18.0 Å². The van der Waals surface area contributed by atoms with Crippen LogP contribution in [0.4, 0.5) is 5.69 Å². The van der Waals surface area contributed by atoms with Gasteiger partial charge >= 0.3 is 0 Å². The maximum atomic E-state index is 12.5. The molecule has 0 spiro atoms. The third-order valence-electron chi connectivity index (χ3n) is 4.29. The van der Waals surface area contributed by atoms with Crippen molar-refractivity contribution in [1.82, 2.24) is 15.2 Å². The van der Waals surface area contributed by atoms with Gasteiger partial charge in [0.2, 0.25) is 11.1 Å². The first kappa shape index (κ1) is 19.4. The molecule has 146 valence electrons. The molecule has 0 aliphatic carbocycles. The predicted molar refractivity (Wildman–Crippen MR) is 119 cm³/mol. The van der Waals surface area contributed by atoms with Crippen LogP contribution >= 0.6 is 23.1 Å². The lowest BCUT2D eigenvalue weighted by Gasteiger charge is -2.11. The third kappa shape index (κ3) is 5.56. The number of benzene rings is 2. The van der Waals surface area contributed by atoms with Gasteiger partial charge in [-0.05, 0) is 35.1 Å². The highest BCUT2D eigenvalue weighted by atomic mass is 32.2. The number of carbonyl (C=O) groups excluding carboxylic acids is 1. The largest absolute Gasteiger partial charge is 0.325 e. The van der Waals surface area contributed by atoms with Crippen LogP contribution in [-0.4, -0.2) is 26.8 Å². The van der Waals surface area contributed by atoms with Gasteiger partial charge in [0, 0.05) is 17.0 Å². The van der Waals surface area contributed by atoms with Crippen LogP contribution < -0.4 is 5.32 Å². The molecule has 0 aliphatic heterocycles. The molecule has 4 rings (SSSR count). The lowest BCUT2D eigenvalue weighted by molar-refractivity contribution is -0.113. The average Bonchev–Trinajstić information content (AvgIpc) is 3.41. The molecule has 0 unspecified atom stereocenters. The number of thioether (sulfide) groups is 1. The molecule has 0 radical (unpaired) electrons. The summed E-state index contributed by atoms with van der Waals surface area (Å²) in [4.78, 5) is 18.1. The summed E-state index contributed by atoms with van der Waals surface area (Å²) in [5.41, 5.74) is 3.14. The van der Waals surface area contributed by atoms with Gasteiger partial charge in [-0.15, -0.1) is 16.4 Å². The highest BCUT2D eigenvalue weighted by Crippen LogP contribution is 2.21. The number of carbonyl (C=O) groups is 1. The van der Waals surface area contributed by atoms with Gasteiger partial charge in [-0.3, -0.25) is 9.89 Å². The van der Waals surface area contributed by atoms with Gasteiger partial charge in [-0.25, -0.2) is 4.98 Å². The molecule has 2 aromatic carbocycles.